The van der Waals surface area contributed by atoms with E-state index in [4.69, 9.17) is 4.74 Å². The zero-order chi connectivity index (χ0) is 18.4. The predicted molar refractivity (Wildman–Crippen MR) is 110 cm³/mol. The largest absolute Gasteiger partial charge is 0.463 e. The van der Waals surface area contributed by atoms with E-state index in [1.807, 2.05) is 30.4 Å². The summed E-state index contributed by atoms with van der Waals surface area (Å²) in [6.07, 6.45) is 31.2. The Balaban J connectivity index is 3.54. The van der Waals surface area contributed by atoms with E-state index in [9.17, 15) is 4.79 Å². The first-order valence-electron chi connectivity index (χ1n) is 9.81. The van der Waals surface area contributed by atoms with Gasteiger partial charge in [-0.15, -0.1) is 0 Å². The number of rotatable bonds is 15. The summed E-state index contributed by atoms with van der Waals surface area (Å²) < 4.78 is 4.78. The highest BCUT2D eigenvalue weighted by Crippen LogP contribution is 2.09. The van der Waals surface area contributed by atoms with Crippen molar-refractivity contribution in [2.75, 3.05) is 6.61 Å². The molecule has 0 aromatic rings. The molecule has 25 heavy (non-hydrogen) atoms. The molecule has 2 nitrogen and oxygen atoms in total. The Morgan fingerprint density at radius 3 is 1.80 bits per heavy atom. The summed E-state index contributed by atoms with van der Waals surface area (Å²) in [4.78, 5) is 11.0. The summed E-state index contributed by atoms with van der Waals surface area (Å²) >= 11 is 0. The first kappa shape index (κ1) is 23.2. The van der Waals surface area contributed by atoms with E-state index in [1.165, 1.54) is 63.9 Å². The van der Waals surface area contributed by atoms with E-state index in [-0.39, 0.29) is 5.97 Å². The van der Waals surface area contributed by atoms with Gasteiger partial charge in [0.1, 0.15) is 0 Å². The van der Waals surface area contributed by atoms with Crippen molar-refractivity contribution in [1.82, 2.24) is 0 Å². The van der Waals surface area contributed by atoms with Crippen LogP contribution in [0.2, 0.25) is 0 Å². The second-order valence-corrected chi connectivity index (χ2v) is 5.96. The zero-order valence-electron chi connectivity index (χ0n) is 16.2. The standard InChI is InChI=1S/C23H36O2/c1-3-5-6-7-8-9-10-11-12-13-14-15-16-17-18-19-20-21-22-23(24)25-4-2/h13-22H,3-12H2,1-2H3/b14-13+,16-15+,18-17+,20-19+,22-21+. The van der Waals surface area contributed by atoms with Crippen molar-refractivity contribution >= 4 is 5.97 Å². The molecule has 0 aliphatic carbocycles. The quantitative estimate of drug-likeness (QED) is 0.140. The Bertz CT molecular complexity index is 439. The van der Waals surface area contributed by atoms with Crippen molar-refractivity contribution in [3.63, 3.8) is 0 Å². The Morgan fingerprint density at radius 2 is 1.20 bits per heavy atom. The van der Waals surface area contributed by atoms with Crippen molar-refractivity contribution in [1.29, 1.82) is 0 Å². The van der Waals surface area contributed by atoms with Crippen LogP contribution in [0.5, 0.6) is 0 Å². The van der Waals surface area contributed by atoms with Gasteiger partial charge in [0.15, 0.2) is 0 Å². The Morgan fingerprint density at radius 1 is 0.680 bits per heavy atom. The highest BCUT2D eigenvalue weighted by molar-refractivity contribution is 5.82. The maximum absolute atomic E-state index is 11.0. The lowest BCUT2D eigenvalue weighted by Crippen LogP contribution is -1.98. The summed E-state index contributed by atoms with van der Waals surface area (Å²) in [5.41, 5.74) is 0. The third kappa shape index (κ3) is 20.1. The van der Waals surface area contributed by atoms with Crippen LogP contribution in [0.1, 0.15) is 71.6 Å². The average molecular weight is 345 g/mol. The van der Waals surface area contributed by atoms with Gasteiger partial charge >= 0.3 is 5.97 Å². The van der Waals surface area contributed by atoms with Gasteiger partial charge in [-0.2, -0.15) is 0 Å². The minimum atomic E-state index is -0.308. The molecular weight excluding hydrogens is 308 g/mol. The van der Waals surface area contributed by atoms with E-state index in [0.29, 0.717) is 6.61 Å². The fourth-order valence-corrected chi connectivity index (χ4v) is 2.28. The van der Waals surface area contributed by atoms with Gasteiger partial charge in [0.25, 0.3) is 0 Å². The molecule has 0 spiro atoms. The van der Waals surface area contributed by atoms with Crippen LogP contribution in [0.4, 0.5) is 0 Å². The lowest BCUT2D eigenvalue weighted by atomic mass is 10.1. The molecule has 0 atom stereocenters. The van der Waals surface area contributed by atoms with Gasteiger partial charge in [-0.25, -0.2) is 4.79 Å². The van der Waals surface area contributed by atoms with Crippen molar-refractivity contribution < 1.29 is 9.53 Å². The van der Waals surface area contributed by atoms with Crippen LogP contribution in [0.25, 0.3) is 0 Å². The molecule has 0 heterocycles. The molecule has 0 aliphatic heterocycles. The molecule has 0 aromatic heterocycles. The van der Waals surface area contributed by atoms with Crippen LogP contribution in [-0.4, -0.2) is 12.6 Å². The lowest BCUT2D eigenvalue weighted by Gasteiger charge is -1.99. The number of carbonyl (C=O) groups excluding carboxylic acids is 1. The first-order chi connectivity index (χ1) is 12.3. The summed E-state index contributed by atoms with van der Waals surface area (Å²) in [6.45, 7) is 4.46. The van der Waals surface area contributed by atoms with Gasteiger partial charge in [-0.05, 0) is 19.8 Å². The topological polar surface area (TPSA) is 26.3 Å². The normalized spacial score (nSPS) is 12.6. The third-order valence-electron chi connectivity index (χ3n) is 3.66. The average Bonchev–Trinajstić information content (AvgIpc) is 2.61. The second-order valence-electron chi connectivity index (χ2n) is 5.96. The lowest BCUT2D eigenvalue weighted by molar-refractivity contribution is -0.137. The number of esters is 1. The van der Waals surface area contributed by atoms with Crippen molar-refractivity contribution in [3.05, 3.63) is 60.8 Å². The van der Waals surface area contributed by atoms with Crippen LogP contribution in [0.3, 0.4) is 0 Å². The molecule has 2 heteroatoms. The SMILES string of the molecule is CCCCCCCCCC/C=C/C=C/C=C/C=C/C=C/C(=O)OCC. The van der Waals surface area contributed by atoms with Crippen LogP contribution in [-0.2, 0) is 9.53 Å². The van der Waals surface area contributed by atoms with Crippen molar-refractivity contribution in [2.24, 2.45) is 0 Å². The first-order valence-corrected chi connectivity index (χ1v) is 9.81. The van der Waals surface area contributed by atoms with Crippen LogP contribution < -0.4 is 0 Å². The Labute approximate surface area is 155 Å². The van der Waals surface area contributed by atoms with E-state index in [0.717, 1.165) is 0 Å². The monoisotopic (exact) mass is 344 g/mol. The number of unbranched alkanes of at least 4 members (excludes halogenated alkanes) is 8. The summed E-state index contributed by atoms with van der Waals surface area (Å²) in [5, 5.41) is 0. The molecular formula is C23H36O2. The van der Waals surface area contributed by atoms with Crippen molar-refractivity contribution in [2.45, 2.75) is 71.6 Å². The predicted octanol–water partition coefficient (Wildman–Crippen LogP) is 6.86. The number of carbonyl (C=O) groups is 1. The zero-order valence-corrected chi connectivity index (χ0v) is 16.2. The van der Waals surface area contributed by atoms with Gasteiger partial charge in [0.05, 0.1) is 6.61 Å². The van der Waals surface area contributed by atoms with Crippen LogP contribution >= 0.6 is 0 Å². The molecule has 140 valence electrons. The van der Waals surface area contributed by atoms with E-state index in [1.54, 1.807) is 19.1 Å². The fraction of sp³-hybridized carbons (Fsp3) is 0.522. The van der Waals surface area contributed by atoms with Gasteiger partial charge in [0, 0.05) is 6.08 Å². The van der Waals surface area contributed by atoms with E-state index in [2.05, 4.69) is 19.1 Å². The molecule has 0 unspecified atom stereocenters. The molecule has 0 saturated heterocycles. The van der Waals surface area contributed by atoms with Gasteiger partial charge in [0.2, 0.25) is 0 Å². The summed E-state index contributed by atoms with van der Waals surface area (Å²) in [6, 6.07) is 0. The molecule has 0 fully saturated rings. The number of allylic oxidation sites excluding steroid dienone is 9. The van der Waals surface area contributed by atoms with E-state index >= 15 is 0 Å². The van der Waals surface area contributed by atoms with Gasteiger partial charge in [-0.3, -0.25) is 0 Å². The minimum absolute atomic E-state index is 0.308. The molecule has 0 aliphatic rings. The van der Waals surface area contributed by atoms with Gasteiger partial charge < -0.3 is 4.74 Å². The Hall–Kier alpha value is -1.83. The highest BCUT2D eigenvalue weighted by Gasteiger charge is 1.90. The van der Waals surface area contributed by atoms with Crippen molar-refractivity contribution in [3.8, 4) is 0 Å². The summed E-state index contributed by atoms with van der Waals surface area (Å²) in [5.74, 6) is -0.308. The molecule has 0 saturated carbocycles. The molecule has 0 rings (SSSR count). The second kappa shape index (κ2) is 20.2. The number of hydrogen-bond acceptors (Lipinski definition) is 2. The highest BCUT2D eigenvalue weighted by atomic mass is 16.5. The third-order valence-corrected chi connectivity index (χ3v) is 3.66. The van der Waals surface area contributed by atoms with E-state index < -0.39 is 0 Å². The molecule has 0 N–H and O–H groups in total. The number of ether oxygens (including phenoxy) is 1. The number of hydrogen-bond donors (Lipinski definition) is 0. The molecule has 0 radical (unpaired) electrons. The minimum Gasteiger partial charge on any atom is -0.463 e. The molecule has 0 aromatic carbocycles. The van der Waals surface area contributed by atoms with Crippen LogP contribution in [0.15, 0.2) is 60.8 Å². The maximum atomic E-state index is 11.0. The van der Waals surface area contributed by atoms with Crippen LogP contribution in [0, 0.1) is 0 Å². The summed E-state index contributed by atoms with van der Waals surface area (Å²) in [7, 11) is 0. The Kier molecular flexibility index (Phi) is 18.7. The molecule has 0 bridgehead atoms. The maximum Gasteiger partial charge on any atom is 0.330 e. The molecule has 0 amide bonds. The fourth-order valence-electron chi connectivity index (χ4n) is 2.28. The smallest absolute Gasteiger partial charge is 0.330 e. The van der Waals surface area contributed by atoms with Gasteiger partial charge in [-0.1, -0.05) is 107 Å².